The van der Waals surface area contributed by atoms with E-state index in [4.69, 9.17) is 0 Å². The molecule has 0 aliphatic heterocycles. The van der Waals surface area contributed by atoms with Gasteiger partial charge in [-0.1, -0.05) is 44.9 Å². The highest BCUT2D eigenvalue weighted by atomic mass is 16.1. The molecule has 0 bridgehead atoms. The summed E-state index contributed by atoms with van der Waals surface area (Å²) >= 11 is 0. The normalized spacial score (nSPS) is 10.7. The summed E-state index contributed by atoms with van der Waals surface area (Å²) < 4.78 is 0. The molecule has 0 spiro atoms. The molecule has 0 heterocycles. The first-order valence-corrected chi connectivity index (χ1v) is 6.73. The molecule has 0 saturated heterocycles. The van der Waals surface area contributed by atoms with Crippen LogP contribution in [-0.4, -0.2) is 12.5 Å². The molecule has 0 aliphatic rings. The van der Waals surface area contributed by atoms with Gasteiger partial charge in [-0.05, 0) is 24.1 Å². The van der Waals surface area contributed by atoms with Crippen molar-refractivity contribution in [1.82, 2.24) is 5.32 Å². The average Bonchev–Trinajstić information content (AvgIpc) is 2.36. The van der Waals surface area contributed by atoms with Crippen molar-refractivity contribution in [2.24, 2.45) is 5.92 Å². The van der Waals surface area contributed by atoms with Crippen LogP contribution in [0, 0.1) is 5.92 Å². The summed E-state index contributed by atoms with van der Waals surface area (Å²) in [6.07, 6.45) is 2.41. The van der Waals surface area contributed by atoms with Crippen molar-refractivity contribution in [3.8, 4) is 0 Å². The minimum Gasteiger partial charge on any atom is -0.326 e. The summed E-state index contributed by atoms with van der Waals surface area (Å²) in [5.41, 5.74) is 2.04. The number of hydrogen-bond acceptors (Lipinski definition) is 2. The van der Waals surface area contributed by atoms with Crippen LogP contribution in [0.25, 0.3) is 0 Å². The first-order valence-electron chi connectivity index (χ1n) is 6.73. The lowest BCUT2D eigenvalue weighted by molar-refractivity contribution is -0.114. The van der Waals surface area contributed by atoms with E-state index in [1.807, 2.05) is 24.3 Å². The summed E-state index contributed by atoms with van der Waals surface area (Å²) in [6, 6.07) is 7.93. The van der Waals surface area contributed by atoms with E-state index in [0.29, 0.717) is 0 Å². The quantitative estimate of drug-likeness (QED) is 0.778. The zero-order valence-electron chi connectivity index (χ0n) is 11.6. The molecule has 0 saturated carbocycles. The lowest BCUT2D eigenvalue weighted by Gasteiger charge is -2.15. The van der Waals surface area contributed by atoms with Crippen LogP contribution in [0.5, 0.6) is 0 Å². The first-order chi connectivity index (χ1) is 8.67. The SMILES string of the molecule is CCC(CC)CNCc1ccccc1NC(C)=O. The van der Waals surface area contributed by atoms with Crippen LogP contribution in [0.3, 0.4) is 0 Å². The Hall–Kier alpha value is -1.35. The minimum atomic E-state index is -0.0255. The summed E-state index contributed by atoms with van der Waals surface area (Å²) in [7, 11) is 0. The fourth-order valence-corrected chi connectivity index (χ4v) is 1.97. The van der Waals surface area contributed by atoms with Gasteiger partial charge in [-0.15, -0.1) is 0 Å². The summed E-state index contributed by atoms with van der Waals surface area (Å²) in [6.45, 7) is 7.81. The van der Waals surface area contributed by atoms with Crippen molar-refractivity contribution in [2.75, 3.05) is 11.9 Å². The van der Waals surface area contributed by atoms with Crippen molar-refractivity contribution in [1.29, 1.82) is 0 Å². The highest BCUT2D eigenvalue weighted by Gasteiger charge is 2.05. The van der Waals surface area contributed by atoms with E-state index in [0.717, 1.165) is 30.3 Å². The van der Waals surface area contributed by atoms with E-state index in [1.54, 1.807) is 0 Å². The minimum absolute atomic E-state index is 0.0255. The molecule has 1 aromatic carbocycles. The van der Waals surface area contributed by atoms with Crippen LogP contribution in [0.15, 0.2) is 24.3 Å². The summed E-state index contributed by atoms with van der Waals surface area (Å²) in [5, 5.41) is 6.33. The number of rotatable bonds is 7. The third-order valence-electron chi connectivity index (χ3n) is 3.23. The van der Waals surface area contributed by atoms with Crippen molar-refractivity contribution in [3.63, 3.8) is 0 Å². The second-order valence-corrected chi connectivity index (χ2v) is 4.65. The average molecular weight is 248 g/mol. The van der Waals surface area contributed by atoms with Gasteiger partial charge in [-0.25, -0.2) is 0 Å². The molecule has 0 fully saturated rings. The van der Waals surface area contributed by atoms with E-state index in [9.17, 15) is 4.79 Å². The monoisotopic (exact) mass is 248 g/mol. The van der Waals surface area contributed by atoms with Gasteiger partial charge in [0.25, 0.3) is 0 Å². The molecule has 0 atom stereocenters. The van der Waals surface area contributed by atoms with Gasteiger partial charge < -0.3 is 10.6 Å². The fraction of sp³-hybridized carbons (Fsp3) is 0.533. The van der Waals surface area contributed by atoms with Crippen molar-refractivity contribution in [2.45, 2.75) is 40.2 Å². The molecule has 1 aromatic rings. The molecular formula is C15H24N2O. The molecule has 3 heteroatoms. The topological polar surface area (TPSA) is 41.1 Å². The molecule has 1 rings (SSSR count). The summed E-state index contributed by atoms with van der Waals surface area (Å²) in [5.74, 6) is 0.709. The summed E-state index contributed by atoms with van der Waals surface area (Å²) in [4.78, 5) is 11.1. The van der Waals surface area contributed by atoms with Gasteiger partial charge in [0.1, 0.15) is 0 Å². The van der Waals surface area contributed by atoms with Gasteiger partial charge in [-0.2, -0.15) is 0 Å². The number of anilines is 1. The molecule has 0 unspecified atom stereocenters. The second-order valence-electron chi connectivity index (χ2n) is 4.65. The van der Waals surface area contributed by atoms with E-state index in [-0.39, 0.29) is 5.91 Å². The second kappa shape index (κ2) is 7.88. The zero-order valence-corrected chi connectivity index (χ0v) is 11.6. The number of hydrogen-bond donors (Lipinski definition) is 2. The maximum atomic E-state index is 11.1. The molecule has 3 nitrogen and oxygen atoms in total. The van der Waals surface area contributed by atoms with Gasteiger partial charge in [0.05, 0.1) is 0 Å². The molecule has 0 aliphatic carbocycles. The number of carbonyl (C=O) groups excluding carboxylic acids is 1. The van der Waals surface area contributed by atoms with Crippen LogP contribution in [0.2, 0.25) is 0 Å². The zero-order chi connectivity index (χ0) is 13.4. The van der Waals surface area contributed by atoms with E-state index in [1.165, 1.54) is 19.8 Å². The van der Waals surface area contributed by atoms with Crippen LogP contribution in [0.1, 0.15) is 39.2 Å². The molecule has 100 valence electrons. The Morgan fingerprint density at radius 3 is 2.50 bits per heavy atom. The molecule has 0 aromatic heterocycles. The molecule has 0 radical (unpaired) electrons. The van der Waals surface area contributed by atoms with E-state index in [2.05, 4.69) is 24.5 Å². The van der Waals surface area contributed by atoms with Crippen LogP contribution in [-0.2, 0) is 11.3 Å². The number of para-hydroxylation sites is 1. The smallest absolute Gasteiger partial charge is 0.221 e. The Morgan fingerprint density at radius 1 is 1.22 bits per heavy atom. The van der Waals surface area contributed by atoms with Crippen LogP contribution < -0.4 is 10.6 Å². The predicted molar refractivity (Wildman–Crippen MR) is 76.5 cm³/mol. The van der Waals surface area contributed by atoms with Crippen molar-refractivity contribution < 1.29 is 4.79 Å². The third-order valence-corrected chi connectivity index (χ3v) is 3.23. The van der Waals surface area contributed by atoms with Gasteiger partial charge in [-0.3, -0.25) is 4.79 Å². The lowest BCUT2D eigenvalue weighted by Crippen LogP contribution is -2.22. The highest BCUT2D eigenvalue weighted by Crippen LogP contribution is 2.15. The fourth-order valence-electron chi connectivity index (χ4n) is 1.97. The Kier molecular flexibility index (Phi) is 6.44. The Bertz CT molecular complexity index is 373. The van der Waals surface area contributed by atoms with Gasteiger partial charge >= 0.3 is 0 Å². The molecule has 18 heavy (non-hydrogen) atoms. The van der Waals surface area contributed by atoms with Gasteiger partial charge in [0.2, 0.25) is 5.91 Å². The number of nitrogens with one attached hydrogen (secondary N) is 2. The number of benzene rings is 1. The number of amides is 1. The lowest BCUT2D eigenvalue weighted by atomic mass is 10.0. The first kappa shape index (κ1) is 14.7. The van der Waals surface area contributed by atoms with E-state index < -0.39 is 0 Å². The largest absolute Gasteiger partial charge is 0.326 e. The Balaban J connectivity index is 2.53. The highest BCUT2D eigenvalue weighted by molar-refractivity contribution is 5.89. The Labute approximate surface area is 110 Å². The standard InChI is InChI=1S/C15H24N2O/c1-4-13(5-2)10-16-11-14-8-6-7-9-15(14)17-12(3)18/h6-9,13,16H,4-5,10-11H2,1-3H3,(H,17,18). The van der Waals surface area contributed by atoms with Crippen molar-refractivity contribution in [3.05, 3.63) is 29.8 Å². The van der Waals surface area contributed by atoms with Crippen LogP contribution >= 0.6 is 0 Å². The van der Waals surface area contributed by atoms with Crippen molar-refractivity contribution >= 4 is 11.6 Å². The maximum absolute atomic E-state index is 11.1. The van der Waals surface area contributed by atoms with Gasteiger partial charge in [0.15, 0.2) is 0 Å². The maximum Gasteiger partial charge on any atom is 0.221 e. The third kappa shape index (κ3) is 4.88. The van der Waals surface area contributed by atoms with E-state index >= 15 is 0 Å². The predicted octanol–water partition coefficient (Wildman–Crippen LogP) is 3.17. The van der Waals surface area contributed by atoms with Gasteiger partial charge in [0, 0.05) is 19.2 Å². The van der Waals surface area contributed by atoms with Crippen LogP contribution in [0.4, 0.5) is 5.69 Å². The number of carbonyl (C=O) groups is 1. The molecule has 1 amide bonds. The molecule has 2 N–H and O–H groups in total. The Morgan fingerprint density at radius 2 is 1.89 bits per heavy atom. The molecular weight excluding hydrogens is 224 g/mol.